The standard InChI is InChI=1S/C14H21N3/c1-16(2)14(17(3)4)15-13-10-12(13)11-8-6-5-7-9-11/h5-9,12-13H,10H2,1-4H3. The van der Waals surface area contributed by atoms with Gasteiger partial charge < -0.3 is 9.80 Å². The summed E-state index contributed by atoms with van der Waals surface area (Å²) in [6.07, 6.45) is 1.18. The first-order valence-corrected chi connectivity index (χ1v) is 6.07. The van der Waals surface area contributed by atoms with E-state index < -0.39 is 0 Å². The first kappa shape index (κ1) is 12.0. The summed E-state index contributed by atoms with van der Waals surface area (Å²) >= 11 is 0. The molecule has 0 aromatic heterocycles. The second-order valence-corrected chi connectivity index (χ2v) is 5.04. The Morgan fingerprint density at radius 1 is 1.06 bits per heavy atom. The predicted molar refractivity (Wildman–Crippen MR) is 72.4 cm³/mol. The fraction of sp³-hybridized carbons (Fsp3) is 0.500. The van der Waals surface area contributed by atoms with Crippen LogP contribution in [0.1, 0.15) is 17.9 Å². The maximum Gasteiger partial charge on any atom is 0.195 e. The van der Waals surface area contributed by atoms with E-state index in [0.717, 1.165) is 5.96 Å². The topological polar surface area (TPSA) is 18.8 Å². The first-order chi connectivity index (χ1) is 8.09. The summed E-state index contributed by atoms with van der Waals surface area (Å²) in [6.45, 7) is 0. The largest absolute Gasteiger partial charge is 0.349 e. The van der Waals surface area contributed by atoms with Crippen molar-refractivity contribution in [2.75, 3.05) is 28.2 Å². The Morgan fingerprint density at radius 3 is 2.18 bits per heavy atom. The van der Waals surface area contributed by atoms with Crippen LogP contribution in [0.15, 0.2) is 35.3 Å². The number of guanidine groups is 1. The Bertz CT molecular complexity index is 385. The SMILES string of the molecule is CN(C)C(=NC1CC1c1ccccc1)N(C)C. The van der Waals surface area contributed by atoms with Crippen LogP contribution < -0.4 is 0 Å². The molecule has 1 fully saturated rings. The highest BCUT2D eigenvalue weighted by Gasteiger charge is 2.38. The Labute approximate surface area is 104 Å². The van der Waals surface area contributed by atoms with Gasteiger partial charge in [0.15, 0.2) is 5.96 Å². The van der Waals surface area contributed by atoms with Crippen molar-refractivity contribution in [1.82, 2.24) is 9.80 Å². The van der Waals surface area contributed by atoms with Crippen molar-refractivity contribution in [1.29, 1.82) is 0 Å². The molecule has 0 spiro atoms. The van der Waals surface area contributed by atoms with Crippen LogP contribution in [0.4, 0.5) is 0 Å². The van der Waals surface area contributed by atoms with Crippen LogP contribution >= 0.6 is 0 Å². The highest BCUT2D eigenvalue weighted by Crippen LogP contribution is 2.43. The van der Waals surface area contributed by atoms with Crippen LogP contribution in [0.3, 0.4) is 0 Å². The van der Waals surface area contributed by atoms with Crippen LogP contribution in [-0.2, 0) is 0 Å². The second-order valence-electron chi connectivity index (χ2n) is 5.04. The van der Waals surface area contributed by atoms with Gasteiger partial charge in [0.05, 0.1) is 6.04 Å². The molecule has 0 aliphatic heterocycles. The number of hydrogen-bond acceptors (Lipinski definition) is 1. The van der Waals surface area contributed by atoms with Crippen molar-refractivity contribution in [3.63, 3.8) is 0 Å². The van der Waals surface area contributed by atoms with E-state index in [9.17, 15) is 0 Å². The van der Waals surface area contributed by atoms with Gasteiger partial charge in [0.2, 0.25) is 0 Å². The molecule has 0 bridgehead atoms. The average molecular weight is 231 g/mol. The van der Waals surface area contributed by atoms with E-state index in [1.54, 1.807) is 0 Å². The van der Waals surface area contributed by atoms with E-state index >= 15 is 0 Å². The number of hydrogen-bond donors (Lipinski definition) is 0. The van der Waals surface area contributed by atoms with Crippen molar-refractivity contribution in [2.45, 2.75) is 18.4 Å². The molecular formula is C14H21N3. The molecule has 0 N–H and O–H groups in total. The lowest BCUT2D eigenvalue weighted by Gasteiger charge is -2.22. The molecule has 0 radical (unpaired) electrons. The molecule has 92 valence electrons. The third-order valence-electron chi connectivity index (χ3n) is 3.07. The molecule has 0 heterocycles. The minimum atomic E-state index is 0.456. The summed E-state index contributed by atoms with van der Waals surface area (Å²) in [7, 11) is 8.16. The maximum atomic E-state index is 4.81. The molecular weight excluding hydrogens is 210 g/mol. The zero-order valence-corrected chi connectivity index (χ0v) is 11.1. The highest BCUT2D eigenvalue weighted by molar-refractivity contribution is 5.79. The van der Waals surface area contributed by atoms with Gasteiger partial charge in [-0.15, -0.1) is 0 Å². The number of benzene rings is 1. The number of rotatable bonds is 2. The molecule has 0 saturated heterocycles. The molecule has 2 unspecified atom stereocenters. The minimum Gasteiger partial charge on any atom is -0.349 e. The van der Waals surface area contributed by atoms with Gasteiger partial charge in [-0.25, -0.2) is 4.99 Å². The van der Waals surface area contributed by atoms with E-state index in [4.69, 9.17) is 4.99 Å². The van der Waals surface area contributed by atoms with E-state index in [0.29, 0.717) is 12.0 Å². The normalized spacial score (nSPS) is 21.9. The number of aliphatic imine (C=N–C) groups is 1. The van der Waals surface area contributed by atoms with Gasteiger partial charge in [-0.3, -0.25) is 0 Å². The van der Waals surface area contributed by atoms with Crippen LogP contribution in [0.2, 0.25) is 0 Å². The second kappa shape index (κ2) is 4.78. The van der Waals surface area contributed by atoms with Crippen molar-refractivity contribution in [2.24, 2.45) is 4.99 Å². The van der Waals surface area contributed by atoms with Crippen molar-refractivity contribution in [3.8, 4) is 0 Å². The van der Waals surface area contributed by atoms with Crippen LogP contribution in [0, 0.1) is 0 Å². The van der Waals surface area contributed by atoms with Crippen LogP contribution in [0.5, 0.6) is 0 Å². The quantitative estimate of drug-likeness (QED) is 0.573. The molecule has 1 saturated carbocycles. The molecule has 1 aromatic carbocycles. The highest BCUT2D eigenvalue weighted by atomic mass is 15.3. The lowest BCUT2D eigenvalue weighted by Crippen LogP contribution is -2.35. The van der Waals surface area contributed by atoms with Gasteiger partial charge >= 0.3 is 0 Å². The zero-order chi connectivity index (χ0) is 12.4. The fourth-order valence-corrected chi connectivity index (χ4v) is 2.16. The van der Waals surface area contributed by atoms with Gasteiger partial charge in [-0.2, -0.15) is 0 Å². The monoisotopic (exact) mass is 231 g/mol. The minimum absolute atomic E-state index is 0.456. The lowest BCUT2D eigenvalue weighted by molar-refractivity contribution is 0.479. The van der Waals surface area contributed by atoms with Crippen molar-refractivity contribution in [3.05, 3.63) is 35.9 Å². The summed E-state index contributed by atoms with van der Waals surface area (Å²) in [5.41, 5.74) is 1.41. The smallest absolute Gasteiger partial charge is 0.195 e. The van der Waals surface area contributed by atoms with Gasteiger partial charge in [0, 0.05) is 34.1 Å². The number of nitrogens with zero attached hydrogens (tertiary/aromatic N) is 3. The maximum absolute atomic E-state index is 4.81. The predicted octanol–water partition coefficient (Wildman–Crippen LogP) is 2.02. The van der Waals surface area contributed by atoms with Crippen molar-refractivity contribution >= 4 is 5.96 Å². The molecule has 3 heteroatoms. The molecule has 2 atom stereocenters. The van der Waals surface area contributed by atoms with Crippen LogP contribution in [0.25, 0.3) is 0 Å². The molecule has 3 nitrogen and oxygen atoms in total. The van der Waals surface area contributed by atoms with Crippen LogP contribution in [-0.4, -0.2) is 50.0 Å². The molecule has 1 aromatic rings. The molecule has 1 aliphatic rings. The summed E-state index contributed by atoms with van der Waals surface area (Å²) in [5, 5.41) is 0. The third kappa shape index (κ3) is 2.78. The summed E-state index contributed by atoms with van der Waals surface area (Å²) in [6, 6.07) is 11.1. The van der Waals surface area contributed by atoms with E-state index in [1.807, 2.05) is 28.2 Å². The average Bonchev–Trinajstić information content (AvgIpc) is 3.05. The third-order valence-corrected chi connectivity index (χ3v) is 3.07. The van der Waals surface area contributed by atoms with E-state index in [-0.39, 0.29) is 0 Å². The molecule has 2 rings (SSSR count). The Morgan fingerprint density at radius 2 is 1.65 bits per heavy atom. The van der Waals surface area contributed by atoms with E-state index in [1.165, 1.54) is 12.0 Å². The summed E-state index contributed by atoms with van der Waals surface area (Å²) in [5.74, 6) is 1.67. The van der Waals surface area contributed by atoms with Gasteiger partial charge in [0.1, 0.15) is 0 Å². The Balaban J connectivity index is 2.06. The molecule has 0 amide bonds. The lowest BCUT2D eigenvalue weighted by atomic mass is 10.1. The van der Waals surface area contributed by atoms with Crippen molar-refractivity contribution < 1.29 is 0 Å². The molecule has 1 aliphatic carbocycles. The van der Waals surface area contributed by atoms with Gasteiger partial charge in [-0.05, 0) is 12.0 Å². The first-order valence-electron chi connectivity index (χ1n) is 6.07. The zero-order valence-electron chi connectivity index (χ0n) is 11.1. The van der Waals surface area contributed by atoms with E-state index in [2.05, 4.69) is 40.1 Å². The van der Waals surface area contributed by atoms with Gasteiger partial charge in [0.25, 0.3) is 0 Å². The summed E-state index contributed by atoms with van der Waals surface area (Å²) < 4.78 is 0. The summed E-state index contributed by atoms with van der Waals surface area (Å²) in [4.78, 5) is 8.95. The fourth-order valence-electron chi connectivity index (χ4n) is 2.16. The van der Waals surface area contributed by atoms with Gasteiger partial charge in [-0.1, -0.05) is 30.3 Å². The Hall–Kier alpha value is -1.51. The molecule has 17 heavy (non-hydrogen) atoms. The Kier molecular flexibility index (Phi) is 3.36.